The van der Waals surface area contributed by atoms with Gasteiger partial charge in [-0.1, -0.05) is 142 Å². The Bertz CT molecular complexity index is 509. The molecule has 1 aromatic rings. The third-order valence-corrected chi connectivity index (χ3v) is 7.26. The third-order valence-electron chi connectivity index (χ3n) is 7.26. The van der Waals surface area contributed by atoms with Gasteiger partial charge in [0, 0.05) is 18.1 Å². The van der Waals surface area contributed by atoms with Gasteiger partial charge < -0.3 is 0 Å². The molecule has 192 valence electrons. The van der Waals surface area contributed by atoms with E-state index in [2.05, 4.69) is 42.9 Å². The summed E-state index contributed by atoms with van der Waals surface area (Å²) in [4.78, 5) is 0. The van der Waals surface area contributed by atoms with Crippen LogP contribution in [-0.4, -0.2) is 0 Å². The van der Waals surface area contributed by atoms with Crippen molar-refractivity contribution >= 4 is 0 Å². The lowest BCUT2D eigenvalue weighted by Gasteiger charge is -2.04. The van der Waals surface area contributed by atoms with Gasteiger partial charge in [0.25, 0.3) is 0 Å². The molecule has 0 unspecified atom stereocenters. The van der Waals surface area contributed by atoms with Crippen LogP contribution in [0.5, 0.6) is 0 Å². The van der Waals surface area contributed by atoms with E-state index in [1.54, 1.807) is 0 Å². The fraction of sp³-hybridized carbons (Fsp3) is 0.844. The number of aromatic nitrogens is 1. The summed E-state index contributed by atoms with van der Waals surface area (Å²) in [5.41, 5.74) is 1.53. The molecule has 33 heavy (non-hydrogen) atoms. The molecule has 0 spiro atoms. The van der Waals surface area contributed by atoms with Gasteiger partial charge in [-0.3, -0.25) is 0 Å². The average molecular weight is 459 g/mol. The number of nitrogens with zero attached hydrogens (tertiary/aromatic N) is 1. The molecule has 0 aliphatic carbocycles. The highest BCUT2D eigenvalue weighted by Crippen LogP contribution is 2.13. The second-order valence-electron chi connectivity index (χ2n) is 10.6. The van der Waals surface area contributed by atoms with Gasteiger partial charge in [0.15, 0.2) is 12.4 Å². The van der Waals surface area contributed by atoms with E-state index in [-0.39, 0.29) is 0 Å². The van der Waals surface area contributed by atoms with Gasteiger partial charge in [-0.25, -0.2) is 4.57 Å². The van der Waals surface area contributed by atoms with Crippen molar-refractivity contribution in [2.45, 2.75) is 174 Å². The van der Waals surface area contributed by atoms with Crippen LogP contribution in [-0.2, 0) is 13.0 Å². The minimum Gasteiger partial charge on any atom is -0.205 e. The van der Waals surface area contributed by atoms with Crippen LogP contribution in [0.15, 0.2) is 24.5 Å². The van der Waals surface area contributed by atoms with E-state index in [1.165, 1.54) is 166 Å². The molecule has 0 aliphatic heterocycles. The minimum absolute atomic E-state index is 1.20. The van der Waals surface area contributed by atoms with Crippen molar-refractivity contribution < 1.29 is 4.57 Å². The third kappa shape index (κ3) is 20.3. The smallest absolute Gasteiger partial charge is 0.171 e. The summed E-state index contributed by atoms with van der Waals surface area (Å²) < 4.78 is 2.43. The van der Waals surface area contributed by atoms with Crippen LogP contribution in [0.3, 0.4) is 0 Å². The number of unbranched alkanes of at least 4 members (excludes halogenated alkanes) is 21. The summed E-state index contributed by atoms with van der Waals surface area (Å²) in [5, 5.41) is 0. The van der Waals surface area contributed by atoms with Crippen molar-refractivity contribution in [3.63, 3.8) is 0 Å². The lowest BCUT2D eigenvalue weighted by molar-refractivity contribution is -0.697. The van der Waals surface area contributed by atoms with Gasteiger partial charge in [-0.15, -0.1) is 0 Å². The summed E-state index contributed by atoms with van der Waals surface area (Å²) in [6.45, 7) is 5.80. The molecule has 0 radical (unpaired) electrons. The molecule has 1 aromatic heterocycles. The van der Waals surface area contributed by atoms with Gasteiger partial charge in [0.1, 0.15) is 6.54 Å². The topological polar surface area (TPSA) is 3.88 Å². The number of hydrogen-bond acceptors (Lipinski definition) is 0. The first-order chi connectivity index (χ1) is 16.4. The maximum absolute atomic E-state index is 2.43. The molecule has 1 rings (SSSR count). The Labute approximate surface area is 209 Å². The Morgan fingerprint density at radius 1 is 0.485 bits per heavy atom. The Hall–Kier alpha value is -0.850. The minimum atomic E-state index is 1.20. The predicted molar refractivity (Wildman–Crippen MR) is 148 cm³/mol. The molecule has 1 heteroatoms. The molecule has 0 bridgehead atoms. The highest BCUT2D eigenvalue weighted by molar-refractivity contribution is 5.05. The first-order valence-electron chi connectivity index (χ1n) is 15.3. The van der Waals surface area contributed by atoms with Crippen molar-refractivity contribution in [3.8, 4) is 0 Å². The van der Waals surface area contributed by atoms with Crippen molar-refractivity contribution in [1.82, 2.24) is 0 Å². The van der Waals surface area contributed by atoms with Crippen molar-refractivity contribution in [3.05, 3.63) is 30.1 Å². The van der Waals surface area contributed by atoms with E-state index in [9.17, 15) is 0 Å². The summed E-state index contributed by atoms with van der Waals surface area (Å²) in [6.07, 6.45) is 38.8. The number of rotatable bonds is 25. The van der Waals surface area contributed by atoms with E-state index >= 15 is 0 Å². The van der Waals surface area contributed by atoms with Crippen molar-refractivity contribution in [1.29, 1.82) is 0 Å². The first-order valence-corrected chi connectivity index (χ1v) is 15.3. The van der Waals surface area contributed by atoms with E-state index in [0.717, 1.165) is 0 Å². The van der Waals surface area contributed by atoms with E-state index in [0.29, 0.717) is 0 Å². The molecule has 0 aliphatic rings. The molecule has 0 N–H and O–H groups in total. The van der Waals surface area contributed by atoms with Crippen LogP contribution in [0.4, 0.5) is 0 Å². The normalized spacial score (nSPS) is 11.3. The quantitative estimate of drug-likeness (QED) is 0.101. The van der Waals surface area contributed by atoms with Crippen molar-refractivity contribution in [2.75, 3.05) is 0 Å². The largest absolute Gasteiger partial charge is 0.205 e. The van der Waals surface area contributed by atoms with Gasteiger partial charge in [-0.2, -0.15) is 0 Å². The van der Waals surface area contributed by atoms with E-state index in [1.807, 2.05) is 0 Å². The van der Waals surface area contributed by atoms with Crippen LogP contribution in [0, 0.1) is 0 Å². The van der Waals surface area contributed by atoms with Gasteiger partial charge in [0.05, 0.1) is 0 Å². The molecule has 1 heterocycles. The van der Waals surface area contributed by atoms with Crippen LogP contribution in [0.25, 0.3) is 0 Å². The lowest BCUT2D eigenvalue weighted by Crippen LogP contribution is -2.33. The monoisotopic (exact) mass is 458 g/mol. The average Bonchev–Trinajstić information content (AvgIpc) is 2.83. The second kappa shape index (κ2) is 24.3. The van der Waals surface area contributed by atoms with Gasteiger partial charge in [-0.05, 0) is 25.3 Å². The highest BCUT2D eigenvalue weighted by Gasteiger charge is 2.03. The van der Waals surface area contributed by atoms with E-state index < -0.39 is 0 Å². The lowest BCUT2D eigenvalue weighted by atomic mass is 10.0. The zero-order valence-electron chi connectivity index (χ0n) is 22.9. The SMILES string of the molecule is CCCCCCCCCCCCCCCC[n+]1cccc(CCCCCCCCCCC)c1. The predicted octanol–water partition coefficient (Wildman–Crippen LogP) is 10.5. The number of hydrogen-bond donors (Lipinski definition) is 0. The van der Waals surface area contributed by atoms with Gasteiger partial charge in [0.2, 0.25) is 0 Å². The molecular formula is C32H60N+. The van der Waals surface area contributed by atoms with E-state index in [4.69, 9.17) is 0 Å². The number of pyridine rings is 1. The van der Waals surface area contributed by atoms with Crippen LogP contribution >= 0.6 is 0 Å². The molecule has 1 nitrogen and oxygen atoms in total. The van der Waals surface area contributed by atoms with Crippen LogP contribution < -0.4 is 4.57 Å². The zero-order valence-corrected chi connectivity index (χ0v) is 22.9. The molecule has 0 fully saturated rings. The standard InChI is InChI=1S/C32H60N/c1-3-5-7-9-11-13-14-15-16-17-19-21-23-25-29-33-30-26-28-32(31-33)27-24-22-20-18-12-10-8-6-4-2/h26,28,30-31H,3-25,27,29H2,1-2H3/q+1. The Balaban J connectivity index is 1.91. The summed E-state index contributed by atoms with van der Waals surface area (Å²) in [7, 11) is 0. The maximum Gasteiger partial charge on any atom is 0.171 e. The molecule has 0 amide bonds. The van der Waals surface area contributed by atoms with Crippen LogP contribution in [0.2, 0.25) is 0 Å². The fourth-order valence-corrected chi connectivity index (χ4v) is 4.99. The first kappa shape index (κ1) is 30.2. The highest BCUT2D eigenvalue weighted by atomic mass is 14.9. The maximum atomic E-state index is 2.43. The van der Waals surface area contributed by atoms with Gasteiger partial charge >= 0.3 is 0 Å². The Morgan fingerprint density at radius 2 is 0.879 bits per heavy atom. The molecule has 0 saturated heterocycles. The Morgan fingerprint density at radius 3 is 1.33 bits per heavy atom. The second-order valence-corrected chi connectivity index (χ2v) is 10.6. The number of aryl methyl sites for hydroxylation is 2. The molecule has 0 saturated carbocycles. The summed E-state index contributed by atoms with van der Waals surface area (Å²) in [6, 6.07) is 4.58. The zero-order chi connectivity index (χ0) is 23.7. The summed E-state index contributed by atoms with van der Waals surface area (Å²) in [5.74, 6) is 0. The molecule has 0 atom stereocenters. The molecular weight excluding hydrogens is 398 g/mol. The summed E-state index contributed by atoms with van der Waals surface area (Å²) >= 11 is 0. The van der Waals surface area contributed by atoms with Crippen LogP contribution in [0.1, 0.15) is 167 Å². The van der Waals surface area contributed by atoms with Crippen molar-refractivity contribution in [2.24, 2.45) is 0 Å². The molecule has 0 aromatic carbocycles. The Kier molecular flexibility index (Phi) is 22.2. The fourth-order valence-electron chi connectivity index (χ4n) is 4.99.